The Labute approximate surface area is 218 Å². The van der Waals surface area contributed by atoms with Gasteiger partial charge < -0.3 is 82.9 Å². The highest BCUT2D eigenvalue weighted by molar-refractivity contribution is 5.80. The summed E-state index contributed by atoms with van der Waals surface area (Å²) in [7, 11) is 0. The molecular formula is C21H41N5O12. The normalized spacial score (nSPS) is 46.6. The highest BCUT2D eigenvalue weighted by atomic mass is 16.7. The molecule has 222 valence electrons. The molecule has 1 aliphatic carbocycles. The van der Waals surface area contributed by atoms with Crippen LogP contribution < -0.4 is 28.3 Å². The van der Waals surface area contributed by atoms with Crippen molar-refractivity contribution in [2.24, 2.45) is 22.9 Å². The van der Waals surface area contributed by atoms with Gasteiger partial charge in [-0.15, -0.1) is 0 Å². The first-order chi connectivity index (χ1) is 17.9. The topological polar surface area (TPSA) is 312 Å². The molecule has 2 aliphatic heterocycles. The molecule has 0 unspecified atom stereocenters. The Bertz CT molecular complexity index is 772. The number of nitrogens with two attached hydrogens (primary N) is 4. The van der Waals surface area contributed by atoms with Crippen molar-refractivity contribution in [3.63, 3.8) is 0 Å². The van der Waals surface area contributed by atoms with E-state index < -0.39 is 104 Å². The molecule has 17 heteroatoms. The van der Waals surface area contributed by atoms with Gasteiger partial charge in [0.2, 0.25) is 5.91 Å². The first-order valence-electron chi connectivity index (χ1n) is 12.5. The van der Waals surface area contributed by atoms with E-state index >= 15 is 0 Å². The molecule has 0 aromatic rings. The molecule has 1 amide bonds. The smallest absolute Gasteiger partial charge is 0.249 e. The molecule has 16 N–H and O–H groups in total. The first-order valence-corrected chi connectivity index (χ1v) is 12.5. The molecule has 1 saturated carbocycles. The Hall–Kier alpha value is -1.13. The van der Waals surface area contributed by atoms with E-state index in [1.54, 1.807) is 0 Å². The van der Waals surface area contributed by atoms with Crippen molar-refractivity contribution in [3.8, 4) is 0 Å². The fourth-order valence-corrected chi connectivity index (χ4v) is 4.86. The lowest BCUT2D eigenvalue weighted by atomic mass is 9.84. The number of carbonyl (C=O) groups excluding carboxylic acids is 1. The average molecular weight is 556 g/mol. The summed E-state index contributed by atoms with van der Waals surface area (Å²) in [4.78, 5) is 12.1. The number of amides is 1. The second-order valence-electron chi connectivity index (χ2n) is 9.84. The van der Waals surface area contributed by atoms with E-state index in [1.165, 1.54) is 0 Å². The SMILES string of the molecule is NCC[C@H](O)C(=O)N[C@@H]1C[C@H](N)[C@@H](O[C@H]2O[C@H](CO)[C@@H](O)[C@H](O[C@@H]3O[C@H](CN)[C@@H](O)[C@H]3O)[C@H]2N)[C@H](O)[C@H]1O. The third-order valence-corrected chi connectivity index (χ3v) is 7.15. The quantitative estimate of drug-likeness (QED) is 0.119. The van der Waals surface area contributed by atoms with Crippen LogP contribution >= 0.6 is 0 Å². The standard InChI is InChI=1S/C21H41N5O12/c22-2-1-8(28)19(34)26-7-3-6(24)17(15(32)12(7)29)37-20-11(25)18(14(31)10(5-27)36-20)38-21-16(33)13(30)9(4-23)35-21/h6-18,20-21,27-33H,1-5,22-25H2,(H,26,34)/t6-,7+,8-,9+,10+,11+,12-,13+,14+,15+,16+,17+,18+,20+,21-/m0/s1. The van der Waals surface area contributed by atoms with Gasteiger partial charge in [-0.05, 0) is 19.4 Å². The van der Waals surface area contributed by atoms with Gasteiger partial charge in [0, 0.05) is 12.6 Å². The summed E-state index contributed by atoms with van der Waals surface area (Å²) in [6.07, 6.45) is -16.6. The van der Waals surface area contributed by atoms with Crippen LogP contribution in [-0.2, 0) is 23.7 Å². The summed E-state index contributed by atoms with van der Waals surface area (Å²) in [6, 6.07) is -3.25. The molecule has 17 nitrogen and oxygen atoms in total. The number of aliphatic hydroxyl groups excluding tert-OH is 7. The lowest BCUT2D eigenvalue weighted by Crippen LogP contribution is -2.68. The van der Waals surface area contributed by atoms with Gasteiger partial charge in [-0.2, -0.15) is 0 Å². The molecular weight excluding hydrogens is 514 g/mol. The van der Waals surface area contributed by atoms with Crippen LogP contribution in [0.4, 0.5) is 0 Å². The Morgan fingerprint density at radius 1 is 0.895 bits per heavy atom. The third kappa shape index (κ3) is 6.60. The minimum atomic E-state index is -1.63. The Morgan fingerprint density at radius 3 is 2.11 bits per heavy atom. The minimum Gasteiger partial charge on any atom is -0.394 e. The van der Waals surface area contributed by atoms with Crippen molar-refractivity contribution in [1.29, 1.82) is 0 Å². The molecule has 2 heterocycles. The van der Waals surface area contributed by atoms with Crippen LogP contribution in [0, 0.1) is 0 Å². The number of rotatable bonds is 10. The van der Waals surface area contributed by atoms with E-state index in [9.17, 15) is 40.5 Å². The summed E-state index contributed by atoms with van der Waals surface area (Å²) >= 11 is 0. The lowest BCUT2D eigenvalue weighted by Gasteiger charge is -2.47. The summed E-state index contributed by atoms with van der Waals surface area (Å²) in [5, 5.41) is 74.2. The molecule has 0 radical (unpaired) electrons. The molecule has 15 atom stereocenters. The van der Waals surface area contributed by atoms with Gasteiger partial charge in [-0.3, -0.25) is 4.79 Å². The number of hydrogen-bond donors (Lipinski definition) is 12. The van der Waals surface area contributed by atoms with Crippen LogP contribution in [0.1, 0.15) is 12.8 Å². The zero-order valence-corrected chi connectivity index (χ0v) is 20.7. The summed E-state index contributed by atoms with van der Waals surface area (Å²) in [5.41, 5.74) is 23.3. The fourth-order valence-electron chi connectivity index (χ4n) is 4.86. The predicted octanol–water partition coefficient (Wildman–Crippen LogP) is -7.79. The molecule has 0 aromatic carbocycles. The highest BCUT2D eigenvalue weighted by Crippen LogP contribution is 2.31. The van der Waals surface area contributed by atoms with E-state index in [1.807, 2.05) is 0 Å². The van der Waals surface area contributed by atoms with E-state index in [2.05, 4.69) is 5.32 Å². The van der Waals surface area contributed by atoms with Crippen LogP contribution in [-0.4, -0.2) is 153 Å². The molecule has 3 fully saturated rings. The van der Waals surface area contributed by atoms with Crippen molar-refractivity contribution >= 4 is 5.91 Å². The van der Waals surface area contributed by atoms with Gasteiger partial charge in [0.15, 0.2) is 12.6 Å². The average Bonchev–Trinajstić information content (AvgIpc) is 3.16. The van der Waals surface area contributed by atoms with Gasteiger partial charge in [-0.25, -0.2) is 0 Å². The van der Waals surface area contributed by atoms with E-state index in [0.29, 0.717) is 0 Å². The maximum absolute atomic E-state index is 12.1. The van der Waals surface area contributed by atoms with Gasteiger partial charge in [0.25, 0.3) is 0 Å². The van der Waals surface area contributed by atoms with Crippen molar-refractivity contribution in [1.82, 2.24) is 5.32 Å². The van der Waals surface area contributed by atoms with Crippen molar-refractivity contribution in [2.45, 2.75) is 105 Å². The molecule has 2 saturated heterocycles. The van der Waals surface area contributed by atoms with Gasteiger partial charge in [0.1, 0.15) is 61.0 Å². The maximum atomic E-state index is 12.1. The van der Waals surface area contributed by atoms with Crippen molar-refractivity contribution in [3.05, 3.63) is 0 Å². The monoisotopic (exact) mass is 555 g/mol. The summed E-state index contributed by atoms with van der Waals surface area (Å²) in [5.74, 6) is -0.783. The number of ether oxygens (including phenoxy) is 4. The Balaban J connectivity index is 1.69. The molecule has 0 spiro atoms. The molecule has 3 aliphatic rings. The molecule has 0 aromatic heterocycles. The van der Waals surface area contributed by atoms with Crippen LogP contribution in [0.5, 0.6) is 0 Å². The molecule has 3 rings (SSSR count). The Kier molecular flexibility index (Phi) is 11.1. The van der Waals surface area contributed by atoms with Crippen LogP contribution in [0.2, 0.25) is 0 Å². The lowest BCUT2D eigenvalue weighted by molar-refractivity contribution is -0.317. The second kappa shape index (κ2) is 13.5. The van der Waals surface area contributed by atoms with Gasteiger partial charge in [-0.1, -0.05) is 0 Å². The number of nitrogens with one attached hydrogen (secondary N) is 1. The maximum Gasteiger partial charge on any atom is 0.249 e. The van der Waals surface area contributed by atoms with Crippen molar-refractivity contribution < 1.29 is 59.5 Å². The minimum absolute atomic E-state index is 0.00176. The summed E-state index contributed by atoms with van der Waals surface area (Å²) in [6.45, 7) is -0.731. The van der Waals surface area contributed by atoms with E-state index in [-0.39, 0.29) is 25.9 Å². The van der Waals surface area contributed by atoms with Gasteiger partial charge >= 0.3 is 0 Å². The first kappa shape index (κ1) is 31.4. The zero-order valence-electron chi connectivity index (χ0n) is 20.7. The highest BCUT2D eigenvalue weighted by Gasteiger charge is 2.52. The largest absolute Gasteiger partial charge is 0.394 e. The van der Waals surface area contributed by atoms with Crippen LogP contribution in [0.25, 0.3) is 0 Å². The third-order valence-electron chi connectivity index (χ3n) is 7.15. The number of aliphatic hydroxyl groups is 7. The number of hydrogen-bond acceptors (Lipinski definition) is 16. The Morgan fingerprint density at radius 2 is 1.53 bits per heavy atom. The van der Waals surface area contributed by atoms with Crippen LogP contribution in [0.15, 0.2) is 0 Å². The predicted molar refractivity (Wildman–Crippen MR) is 125 cm³/mol. The zero-order chi connectivity index (χ0) is 28.3. The van der Waals surface area contributed by atoms with Crippen molar-refractivity contribution in [2.75, 3.05) is 19.7 Å². The van der Waals surface area contributed by atoms with E-state index in [4.69, 9.17) is 41.9 Å². The summed E-state index contributed by atoms with van der Waals surface area (Å²) < 4.78 is 22.4. The molecule has 0 bridgehead atoms. The molecule has 38 heavy (non-hydrogen) atoms. The van der Waals surface area contributed by atoms with Crippen LogP contribution in [0.3, 0.4) is 0 Å². The van der Waals surface area contributed by atoms with Gasteiger partial charge in [0.05, 0.1) is 18.7 Å². The number of carbonyl (C=O) groups is 1. The fraction of sp³-hybridized carbons (Fsp3) is 0.952. The van der Waals surface area contributed by atoms with E-state index in [0.717, 1.165) is 0 Å². The second-order valence-corrected chi connectivity index (χ2v) is 9.84.